The Morgan fingerprint density at radius 2 is 2.21 bits per heavy atom. The molecule has 0 radical (unpaired) electrons. The molecule has 0 aromatic heterocycles. The van der Waals surface area contributed by atoms with Gasteiger partial charge in [0.05, 0.1) is 6.54 Å². The van der Waals surface area contributed by atoms with Crippen LogP contribution in [0.5, 0.6) is 0 Å². The van der Waals surface area contributed by atoms with E-state index in [2.05, 4.69) is 5.32 Å². The maximum atomic E-state index is 13.6. The molecule has 1 aliphatic rings. The summed E-state index contributed by atoms with van der Waals surface area (Å²) in [6.45, 7) is 0.188. The van der Waals surface area contributed by atoms with Gasteiger partial charge < -0.3 is 5.32 Å². The highest BCUT2D eigenvalue weighted by molar-refractivity contribution is 7.98. The summed E-state index contributed by atoms with van der Waals surface area (Å²) < 4.78 is 13.6. The average molecular weight is 298 g/mol. The second-order valence-corrected chi connectivity index (χ2v) is 5.67. The minimum absolute atomic E-state index is 0.0673. The van der Waals surface area contributed by atoms with Crippen molar-refractivity contribution in [2.45, 2.75) is 19.0 Å². The number of thiocarbonyl (C=S) groups is 1. The van der Waals surface area contributed by atoms with Crippen molar-refractivity contribution >= 4 is 35.0 Å². The van der Waals surface area contributed by atoms with E-state index >= 15 is 0 Å². The average Bonchev–Trinajstić information content (AvgIpc) is 2.66. The van der Waals surface area contributed by atoms with Crippen LogP contribution in [0, 0.1) is 5.82 Å². The van der Waals surface area contributed by atoms with E-state index in [1.54, 1.807) is 30.0 Å². The molecule has 19 heavy (non-hydrogen) atoms. The second kappa shape index (κ2) is 6.34. The molecule has 1 amide bonds. The summed E-state index contributed by atoms with van der Waals surface area (Å²) in [7, 11) is 0. The van der Waals surface area contributed by atoms with E-state index in [1.165, 1.54) is 11.0 Å². The van der Waals surface area contributed by atoms with Crippen molar-refractivity contribution in [1.82, 2.24) is 10.2 Å². The Bertz CT molecular complexity index is 495. The standard InChI is InChI=1S/C13H15FN2OS2/c1-19-7-6-11-12(17)16(13(18)15-11)8-9-4-2-3-5-10(9)14/h2-5,11H,6-8H2,1H3,(H,15,18). The number of hydrogen-bond acceptors (Lipinski definition) is 3. The van der Waals surface area contributed by atoms with Crippen LogP contribution in [0.25, 0.3) is 0 Å². The zero-order valence-electron chi connectivity index (χ0n) is 10.6. The zero-order valence-corrected chi connectivity index (χ0v) is 12.2. The van der Waals surface area contributed by atoms with E-state index in [-0.39, 0.29) is 24.3 Å². The summed E-state index contributed by atoms with van der Waals surface area (Å²) in [6.07, 6.45) is 2.72. The predicted octanol–water partition coefficient (Wildman–Crippen LogP) is 2.16. The molecule has 1 aromatic carbocycles. The van der Waals surface area contributed by atoms with Crippen molar-refractivity contribution in [2.75, 3.05) is 12.0 Å². The summed E-state index contributed by atoms with van der Waals surface area (Å²) in [6, 6.07) is 6.16. The first kappa shape index (κ1) is 14.3. The van der Waals surface area contributed by atoms with E-state index in [4.69, 9.17) is 12.2 Å². The third kappa shape index (κ3) is 3.25. The van der Waals surface area contributed by atoms with Crippen LogP contribution in [-0.2, 0) is 11.3 Å². The first-order valence-electron chi connectivity index (χ1n) is 5.97. The SMILES string of the molecule is CSCCC1NC(=S)N(Cc2ccccc2F)C1=O. The molecule has 0 aliphatic carbocycles. The monoisotopic (exact) mass is 298 g/mol. The molecule has 1 saturated heterocycles. The van der Waals surface area contributed by atoms with Gasteiger partial charge in [0, 0.05) is 5.56 Å². The molecule has 1 atom stereocenters. The van der Waals surface area contributed by atoms with Gasteiger partial charge in [0.2, 0.25) is 0 Å². The lowest BCUT2D eigenvalue weighted by atomic mass is 10.2. The predicted molar refractivity (Wildman–Crippen MR) is 79.5 cm³/mol. The molecule has 1 heterocycles. The van der Waals surface area contributed by atoms with Crippen LogP contribution in [-0.4, -0.2) is 34.0 Å². The number of halogens is 1. The Morgan fingerprint density at radius 3 is 2.89 bits per heavy atom. The van der Waals surface area contributed by atoms with Crippen LogP contribution < -0.4 is 5.32 Å². The number of benzene rings is 1. The molecule has 0 bridgehead atoms. The lowest BCUT2D eigenvalue weighted by molar-refractivity contribution is -0.127. The van der Waals surface area contributed by atoms with Gasteiger partial charge in [-0.25, -0.2) is 4.39 Å². The lowest BCUT2D eigenvalue weighted by Crippen LogP contribution is -2.31. The van der Waals surface area contributed by atoms with Crippen molar-refractivity contribution < 1.29 is 9.18 Å². The molecule has 1 unspecified atom stereocenters. The molecule has 1 fully saturated rings. The highest BCUT2D eigenvalue weighted by Gasteiger charge is 2.35. The molecule has 3 nitrogen and oxygen atoms in total. The molecule has 2 rings (SSSR count). The number of carbonyl (C=O) groups is 1. The van der Waals surface area contributed by atoms with Crippen LogP contribution >= 0.6 is 24.0 Å². The second-order valence-electron chi connectivity index (χ2n) is 4.30. The summed E-state index contributed by atoms with van der Waals surface area (Å²) in [4.78, 5) is 13.6. The van der Waals surface area contributed by atoms with Gasteiger partial charge in [0.15, 0.2) is 5.11 Å². The Morgan fingerprint density at radius 1 is 1.47 bits per heavy atom. The molecule has 6 heteroatoms. The first-order valence-corrected chi connectivity index (χ1v) is 7.78. The molecule has 0 spiro atoms. The van der Waals surface area contributed by atoms with E-state index < -0.39 is 0 Å². The van der Waals surface area contributed by atoms with Gasteiger partial charge in [-0.2, -0.15) is 11.8 Å². The minimum atomic E-state index is -0.314. The molecule has 1 N–H and O–H groups in total. The topological polar surface area (TPSA) is 32.3 Å². The molecule has 1 aromatic rings. The first-order chi connectivity index (χ1) is 9.13. The molecular weight excluding hydrogens is 283 g/mol. The van der Waals surface area contributed by atoms with E-state index in [0.717, 1.165) is 12.2 Å². The van der Waals surface area contributed by atoms with Gasteiger partial charge in [-0.05, 0) is 36.7 Å². The fourth-order valence-corrected chi connectivity index (χ4v) is 2.72. The molecule has 1 aliphatic heterocycles. The number of nitrogens with zero attached hydrogens (tertiary/aromatic N) is 1. The van der Waals surface area contributed by atoms with Gasteiger partial charge in [0.1, 0.15) is 11.9 Å². The third-order valence-corrected chi connectivity index (χ3v) is 3.99. The van der Waals surface area contributed by atoms with E-state index in [0.29, 0.717) is 10.7 Å². The van der Waals surface area contributed by atoms with Crippen LogP contribution in [0.1, 0.15) is 12.0 Å². The van der Waals surface area contributed by atoms with E-state index in [9.17, 15) is 9.18 Å². The number of nitrogens with one attached hydrogen (secondary N) is 1. The van der Waals surface area contributed by atoms with Crippen molar-refractivity contribution in [3.63, 3.8) is 0 Å². The Kier molecular flexibility index (Phi) is 4.76. The smallest absolute Gasteiger partial charge is 0.251 e. The van der Waals surface area contributed by atoms with Gasteiger partial charge in [-0.1, -0.05) is 18.2 Å². The number of thioether (sulfide) groups is 1. The quantitative estimate of drug-likeness (QED) is 0.845. The minimum Gasteiger partial charge on any atom is -0.350 e. The van der Waals surface area contributed by atoms with Crippen molar-refractivity contribution in [1.29, 1.82) is 0 Å². The van der Waals surface area contributed by atoms with Crippen LogP contribution in [0.15, 0.2) is 24.3 Å². The van der Waals surface area contributed by atoms with Gasteiger partial charge in [0.25, 0.3) is 5.91 Å². The van der Waals surface area contributed by atoms with Crippen molar-refractivity contribution in [3.8, 4) is 0 Å². The van der Waals surface area contributed by atoms with Gasteiger partial charge in [-0.15, -0.1) is 0 Å². The lowest BCUT2D eigenvalue weighted by Gasteiger charge is -2.15. The summed E-state index contributed by atoms with van der Waals surface area (Å²) in [5.41, 5.74) is 0.477. The van der Waals surface area contributed by atoms with E-state index in [1.807, 2.05) is 6.26 Å². The molecule has 102 valence electrons. The molecular formula is C13H15FN2OS2. The summed E-state index contributed by atoms with van der Waals surface area (Å²) in [5, 5.41) is 3.39. The Hall–Kier alpha value is -1.14. The fraction of sp³-hybridized carbons (Fsp3) is 0.385. The van der Waals surface area contributed by atoms with Gasteiger partial charge in [-0.3, -0.25) is 9.69 Å². The Labute approximate surface area is 121 Å². The third-order valence-electron chi connectivity index (χ3n) is 3.00. The maximum Gasteiger partial charge on any atom is 0.251 e. The highest BCUT2D eigenvalue weighted by Crippen LogP contribution is 2.17. The maximum absolute atomic E-state index is 13.6. The largest absolute Gasteiger partial charge is 0.350 e. The fourth-order valence-electron chi connectivity index (χ4n) is 1.95. The van der Waals surface area contributed by atoms with Crippen LogP contribution in [0.4, 0.5) is 4.39 Å². The highest BCUT2D eigenvalue weighted by atomic mass is 32.2. The number of hydrogen-bond donors (Lipinski definition) is 1. The van der Waals surface area contributed by atoms with Crippen LogP contribution in [0.2, 0.25) is 0 Å². The van der Waals surface area contributed by atoms with Crippen LogP contribution in [0.3, 0.4) is 0 Å². The number of carbonyl (C=O) groups excluding carboxylic acids is 1. The summed E-state index contributed by atoms with van der Waals surface area (Å²) >= 11 is 6.84. The van der Waals surface area contributed by atoms with Crippen molar-refractivity contribution in [3.05, 3.63) is 35.6 Å². The van der Waals surface area contributed by atoms with Gasteiger partial charge >= 0.3 is 0 Å². The number of rotatable bonds is 5. The number of amides is 1. The molecule has 0 saturated carbocycles. The summed E-state index contributed by atoms with van der Waals surface area (Å²) in [5.74, 6) is 0.507. The normalized spacial score (nSPS) is 18.8. The Balaban J connectivity index is 2.07. The van der Waals surface area contributed by atoms with Crippen molar-refractivity contribution in [2.24, 2.45) is 0 Å². The zero-order chi connectivity index (χ0) is 13.8.